The van der Waals surface area contributed by atoms with Gasteiger partial charge in [-0.25, -0.2) is 4.68 Å². The average molecular weight is 399 g/mol. The number of nitrogens with zero attached hydrogens (tertiary/aromatic N) is 3. The van der Waals surface area contributed by atoms with Crippen LogP contribution in [0.4, 0.5) is 13.2 Å². The molecule has 3 rings (SSSR count). The van der Waals surface area contributed by atoms with Gasteiger partial charge in [0.25, 0.3) is 5.91 Å². The van der Waals surface area contributed by atoms with Crippen molar-refractivity contribution >= 4 is 23.6 Å². The molecule has 10 heteroatoms. The maximum atomic E-state index is 12.9. The van der Waals surface area contributed by atoms with E-state index in [1.54, 1.807) is 11.8 Å². The Morgan fingerprint density at radius 1 is 1.30 bits per heavy atom. The van der Waals surface area contributed by atoms with Gasteiger partial charge in [0.2, 0.25) is 0 Å². The number of amides is 1. The van der Waals surface area contributed by atoms with Crippen molar-refractivity contribution in [1.82, 2.24) is 14.7 Å². The molecule has 1 aliphatic rings. The molecule has 1 aliphatic heterocycles. The number of aliphatic carboxylic acids is 1. The second-order valence-electron chi connectivity index (χ2n) is 6.02. The van der Waals surface area contributed by atoms with Crippen molar-refractivity contribution in [3.8, 4) is 5.69 Å². The van der Waals surface area contributed by atoms with Crippen LogP contribution in [0.2, 0.25) is 0 Å². The van der Waals surface area contributed by atoms with Gasteiger partial charge in [-0.2, -0.15) is 30.0 Å². The highest BCUT2D eigenvalue weighted by Gasteiger charge is 2.32. The smallest absolute Gasteiger partial charge is 0.416 e. The lowest BCUT2D eigenvalue weighted by Crippen LogP contribution is -2.47. The third-order valence-electron chi connectivity index (χ3n) is 4.14. The number of benzene rings is 1. The second-order valence-corrected chi connectivity index (χ2v) is 7.17. The Kier molecular flexibility index (Phi) is 5.45. The first-order chi connectivity index (χ1) is 12.8. The van der Waals surface area contributed by atoms with E-state index in [9.17, 15) is 22.8 Å². The molecule has 2 heterocycles. The van der Waals surface area contributed by atoms with E-state index in [0.29, 0.717) is 18.1 Å². The molecular weight excluding hydrogens is 383 g/mol. The molecule has 1 atom stereocenters. The van der Waals surface area contributed by atoms with E-state index in [2.05, 4.69) is 5.10 Å². The van der Waals surface area contributed by atoms with Gasteiger partial charge in [-0.15, -0.1) is 0 Å². The lowest BCUT2D eigenvalue weighted by Gasteiger charge is -2.34. The van der Waals surface area contributed by atoms with Crippen LogP contribution in [0.15, 0.2) is 36.5 Å². The van der Waals surface area contributed by atoms with Crippen molar-refractivity contribution in [2.24, 2.45) is 0 Å². The summed E-state index contributed by atoms with van der Waals surface area (Å²) in [6.07, 6.45) is -3.22. The standard InChI is InChI=1S/C17H16F3N3O3S/c18-17(19,20)11-2-1-3-12(8-11)23-5-4-14(21-23)16(26)22-6-7-27-10-13(22)9-15(24)25/h1-5,8,13H,6-7,9-10H2,(H,24,25). The third-order valence-corrected chi connectivity index (χ3v) is 5.24. The summed E-state index contributed by atoms with van der Waals surface area (Å²) < 4.78 is 39.8. The number of alkyl halides is 3. The lowest BCUT2D eigenvalue weighted by molar-refractivity contribution is -0.138. The molecule has 1 aromatic carbocycles. The number of halogens is 3. The summed E-state index contributed by atoms with van der Waals surface area (Å²) in [5.41, 5.74) is -0.562. The van der Waals surface area contributed by atoms with E-state index in [1.165, 1.54) is 34.0 Å². The second kappa shape index (κ2) is 7.63. The molecule has 0 saturated carbocycles. The van der Waals surface area contributed by atoms with Crippen molar-refractivity contribution < 1.29 is 27.9 Å². The minimum absolute atomic E-state index is 0.0645. The van der Waals surface area contributed by atoms with Crippen molar-refractivity contribution in [3.05, 3.63) is 47.8 Å². The van der Waals surface area contributed by atoms with Gasteiger partial charge in [0.1, 0.15) is 0 Å². The van der Waals surface area contributed by atoms with Crippen LogP contribution < -0.4 is 0 Å². The van der Waals surface area contributed by atoms with Crippen molar-refractivity contribution in [2.45, 2.75) is 18.6 Å². The number of carbonyl (C=O) groups excluding carboxylic acids is 1. The molecule has 1 unspecified atom stereocenters. The maximum absolute atomic E-state index is 12.9. The monoisotopic (exact) mass is 399 g/mol. The van der Waals surface area contributed by atoms with E-state index in [1.807, 2.05) is 0 Å². The number of hydrogen-bond acceptors (Lipinski definition) is 4. The molecule has 1 N–H and O–H groups in total. The molecule has 0 radical (unpaired) electrons. The number of aromatic nitrogens is 2. The van der Waals surface area contributed by atoms with Crippen LogP contribution in [0.5, 0.6) is 0 Å². The Balaban J connectivity index is 1.82. The summed E-state index contributed by atoms with van der Waals surface area (Å²) >= 11 is 1.58. The van der Waals surface area contributed by atoms with Crippen LogP contribution in [-0.2, 0) is 11.0 Å². The van der Waals surface area contributed by atoms with Gasteiger partial charge in [-0.3, -0.25) is 9.59 Å². The summed E-state index contributed by atoms with van der Waals surface area (Å²) in [5.74, 6) is -0.204. The van der Waals surface area contributed by atoms with Gasteiger partial charge in [-0.1, -0.05) is 6.07 Å². The fourth-order valence-electron chi connectivity index (χ4n) is 2.85. The molecule has 0 aliphatic carbocycles. The molecule has 1 aromatic heterocycles. The molecule has 27 heavy (non-hydrogen) atoms. The zero-order valence-electron chi connectivity index (χ0n) is 14.0. The Morgan fingerprint density at radius 3 is 2.78 bits per heavy atom. The normalized spacial score (nSPS) is 17.7. The Hall–Kier alpha value is -2.49. The number of rotatable bonds is 4. The first-order valence-corrected chi connectivity index (χ1v) is 9.25. The fraction of sp³-hybridized carbons (Fsp3) is 0.353. The van der Waals surface area contributed by atoms with Gasteiger partial charge in [-0.05, 0) is 24.3 Å². The number of thioether (sulfide) groups is 1. The SMILES string of the molecule is O=C(O)CC1CSCCN1C(=O)c1ccn(-c2cccc(C(F)(F)F)c2)n1. The molecule has 0 spiro atoms. The van der Waals surface area contributed by atoms with Crippen LogP contribution in [0.3, 0.4) is 0 Å². The zero-order valence-corrected chi connectivity index (χ0v) is 14.8. The summed E-state index contributed by atoms with van der Waals surface area (Å²) in [6.45, 7) is 0.401. The number of hydrogen-bond donors (Lipinski definition) is 1. The molecule has 1 saturated heterocycles. The molecule has 1 fully saturated rings. The largest absolute Gasteiger partial charge is 0.481 e. The Bertz CT molecular complexity index is 853. The summed E-state index contributed by atoms with van der Waals surface area (Å²) in [4.78, 5) is 25.2. The molecular formula is C17H16F3N3O3S. The Morgan fingerprint density at radius 2 is 2.07 bits per heavy atom. The van der Waals surface area contributed by atoms with E-state index in [-0.39, 0.29) is 17.8 Å². The topological polar surface area (TPSA) is 75.4 Å². The lowest BCUT2D eigenvalue weighted by atomic mass is 10.2. The van der Waals surface area contributed by atoms with Crippen molar-refractivity contribution in [2.75, 3.05) is 18.1 Å². The van der Waals surface area contributed by atoms with E-state index in [0.717, 1.165) is 12.1 Å². The number of carboxylic acid groups (broad SMARTS) is 1. The first kappa shape index (κ1) is 19.3. The first-order valence-electron chi connectivity index (χ1n) is 8.09. The van der Waals surface area contributed by atoms with E-state index >= 15 is 0 Å². The predicted molar refractivity (Wildman–Crippen MR) is 93.0 cm³/mol. The van der Waals surface area contributed by atoms with Gasteiger partial charge < -0.3 is 10.0 Å². The van der Waals surface area contributed by atoms with Crippen LogP contribution >= 0.6 is 11.8 Å². The average Bonchev–Trinajstić information content (AvgIpc) is 3.11. The van der Waals surface area contributed by atoms with Crippen LogP contribution in [0, 0.1) is 0 Å². The third kappa shape index (κ3) is 4.44. The van der Waals surface area contributed by atoms with Gasteiger partial charge in [0, 0.05) is 24.2 Å². The Labute approximate surface area is 157 Å². The summed E-state index contributed by atoms with van der Waals surface area (Å²) in [6, 6.07) is 5.62. The highest BCUT2D eigenvalue weighted by Crippen LogP contribution is 2.30. The highest BCUT2D eigenvalue weighted by atomic mass is 32.2. The maximum Gasteiger partial charge on any atom is 0.416 e. The molecule has 6 nitrogen and oxygen atoms in total. The van der Waals surface area contributed by atoms with Crippen LogP contribution in [0.25, 0.3) is 5.69 Å². The van der Waals surface area contributed by atoms with E-state index < -0.39 is 29.7 Å². The molecule has 1 amide bonds. The van der Waals surface area contributed by atoms with Gasteiger partial charge in [0.15, 0.2) is 5.69 Å². The number of carbonyl (C=O) groups is 2. The fourth-order valence-corrected chi connectivity index (χ4v) is 3.91. The van der Waals surface area contributed by atoms with Crippen LogP contribution in [-0.4, -0.2) is 55.8 Å². The minimum Gasteiger partial charge on any atom is -0.481 e. The van der Waals surface area contributed by atoms with Gasteiger partial charge >= 0.3 is 12.1 Å². The van der Waals surface area contributed by atoms with Crippen LogP contribution in [0.1, 0.15) is 22.5 Å². The highest BCUT2D eigenvalue weighted by molar-refractivity contribution is 7.99. The minimum atomic E-state index is -4.47. The predicted octanol–water partition coefficient (Wildman–Crippen LogP) is 2.92. The van der Waals surface area contributed by atoms with Gasteiger partial charge in [0.05, 0.1) is 23.7 Å². The van der Waals surface area contributed by atoms with Crippen molar-refractivity contribution in [1.29, 1.82) is 0 Å². The van der Waals surface area contributed by atoms with Crippen molar-refractivity contribution in [3.63, 3.8) is 0 Å². The van der Waals surface area contributed by atoms with E-state index in [4.69, 9.17) is 5.11 Å². The summed E-state index contributed by atoms with van der Waals surface area (Å²) in [7, 11) is 0. The molecule has 2 aromatic rings. The molecule has 144 valence electrons. The summed E-state index contributed by atoms with van der Waals surface area (Å²) in [5, 5.41) is 13.1. The molecule has 0 bridgehead atoms. The zero-order chi connectivity index (χ0) is 19.6. The number of carboxylic acids is 1. The quantitative estimate of drug-likeness (QED) is 0.856.